The van der Waals surface area contributed by atoms with Crippen molar-refractivity contribution in [2.45, 2.75) is 13.0 Å². The normalized spacial score (nSPS) is 13.4. The number of nitrogens with one attached hydrogen (secondary N) is 1. The van der Waals surface area contributed by atoms with Crippen LogP contribution in [0.5, 0.6) is 0 Å². The number of para-hydroxylation sites is 1. The van der Waals surface area contributed by atoms with Crippen LogP contribution in [0.25, 0.3) is 10.9 Å². The Morgan fingerprint density at radius 1 is 1.43 bits per heavy atom. The van der Waals surface area contributed by atoms with Crippen molar-refractivity contribution in [3.63, 3.8) is 0 Å². The summed E-state index contributed by atoms with van der Waals surface area (Å²) in [4.78, 5) is 3.23. The van der Waals surface area contributed by atoms with Crippen LogP contribution in [0.2, 0.25) is 0 Å². The molecule has 0 radical (unpaired) electrons. The topological polar surface area (TPSA) is 62.0 Å². The highest BCUT2D eigenvalue weighted by Gasteiger charge is 2.12. The molecular formula is C11H14N2O. The summed E-state index contributed by atoms with van der Waals surface area (Å²) < 4.78 is 0. The van der Waals surface area contributed by atoms with Gasteiger partial charge in [-0.3, -0.25) is 0 Å². The van der Waals surface area contributed by atoms with Gasteiger partial charge in [-0.05, 0) is 18.6 Å². The zero-order valence-electron chi connectivity index (χ0n) is 8.12. The molecule has 2 aromatic rings. The summed E-state index contributed by atoms with van der Waals surface area (Å²) in [7, 11) is 0. The van der Waals surface area contributed by atoms with E-state index < -0.39 is 0 Å². The molecule has 0 aliphatic rings. The quantitative estimate of drug-likeness (QED) is 0.671. The van der Waals surface area contributed by atoms with Crippen molar-refractivity contribution in [3.8, 4) is 0 Å². The lowest BCUT2D eigenvalue weighted by Crippen LogP contribution is -2.15. The number of aliphatic hydroxyl groups excluding tert-OH is 1. The van der Waals surface area contributed by atoms with E-state index in [1.54, 1.807) is 0 Å². The summed E-state index contributed by atoms with van der Waals surface area (Å²) in [5, 5.41) is 10.2. The first kappa shape index (κ1) is 9.24. The molecule has 4 N–H and O–H groups in total. The van der Waals surface area contributed by atoms with Gasteiger partial charge < -0.3 is 15.8 Å². The Morgan fingerprint density at radius 2 is 2.14 bits per heavy atom. The van der Waals surface area contributed by atoms with Gasteiger partial charge in [0.1, 0.15) is 0 Å². The minimum absolute atomic E-state index is 0.0341. The predicted octanol–water partition coefficient (Wildman–Crippen LogP) is 1.47. The molecule has 0 aliphatic carbocycles. The van der Waals surface area contributed by atoms with E-state index in [0.29, 0.717) is 0 Å². The van der Waals surface area contributed by atoms with Gasteiger partial charge in [-0.15, -0.1) is 0 Å². The van der Waals surface area contributed by atoms with Gasteiger partial charge in [0.15, 0.2) is 0 Å². The number of aromatic nitrogens is 1. The number of aromatic amines is 1. The minimum atomic E-state index is -0.317. The molecule has 14 heavy (non-hydrogen) atoms. The average molecular weight is 190 g/mol. The first-order valence-corrected chi connectivity index (χ1v) is 4.67. The van der Waals surface area contributed by atoms with Crippen molar-refractivity contribution in [3.05, 3.63) is 35.5 Å². The van der Waals surface area contributed by atoms with Crippen LogP contribution in [0.3, 0.4) is 0 Å². The van der Waals surface area contributed by atoms with E-state index in [1.807, 2.05) is 25.1 Å². The van der Waals surface area contributed by atoms with Crippen LogP contribution in [0.4, 0.5) is 0 Å². The molecule has 74 valence electrons. The third-order valence-electron chi connectivity index (χ3n) is 2.57. The molecule has 0 spiro atoms. The van der Waals surface area contributed by atoms with Crippen LogP contribution in [0.15, 0.2) is 24.3 Å². The van der Waals surface area contributed by atoms with E-state index in [1.165, 1.54) is 5.39 Å². The van der Waals surface area contributed by atoms with E-state index in [-0.39, 0.29) is 12.6 Å². The van der Waals surface area contributed by atoms with Gasteiger partial charge in [-0.1, -0.05) is 18.2 Å². The number of hydrogen-bond acceptors (Lipinski definition) is 2. The molecule has 3 nitrogen and oxygen atoms in total. The summed E-state index contributed by atoms with van der Waals surface area (Å²) in [6.07, 6.45) is 0. The zero-order valence-corrected chi connectivity index (χ0v) is 8.12. The Morgan fingerprint density at radius 3 is 2.79 bits per heavy atom. The maximum atomic E-state index is 8.99. The van der Waals surface area contributed by atoms with Gasteiger partial charge in [0.25, 0.3) is 0 Å². The average Bonchev–Trinajstić information content (AvgIpc) is 2.56. The Balaban J connectivity index is 2.62. The molecule has 1 atom stereocenters. The summed E-state index contributed by atoms with van der Waals surface area (Å²) in [6.45, 7) is 1.98. The molecular weight excluding hydrogens is 176 g/mol. The van der Waals surface area contributed by atoms with E-state index in [0.717, 1.165) is 16.8 Å². The number of rotatable bonds is 2. The molecule has 2 rings (SSSR count). The lowest BCUT2D eigenvalue weighted by molar-refractivity contribution is 0.266. The van der Waals surface area contributed by atoms with Crippen molar-refractivity contribution in [1.82, 2.24) is 4.98 Å². The fourth-order valence-corrected chi connectivity index (χ4v) is 1.77. The Labute approximate surface area is 82.6 Å². The van der Waals surface area contributed by atoms with Crippen molar-refractivity contribution in [1.29, 1.82) is 0 Å². The highest BCUT2D eigenvalue weighted by molar-refractivity contribution is 5.84. The highest BCUT2D eigenvalue weighted by Crippen LogP contribution is 2.24. The summed E-state index contributed by atoms with van der Waals surface area (Å²) in [5.74, 6) is 0. The van der Waals surface area contributed by atoms with Crippen LogP contribution in [0.1, 0.15) is 17.3 Å². The number of H-pyrrole nitrogens is 1. The van der Waals surface area contributed by atoms with Gasteiger partial charge in [0, 0.05) is 16.6 Å². The summed E-state index contributed by atoms with van der Waals surface area (Å²) >= 11 is 0. The molecule has 0 saturated heterocycles. The van der Waals surface area contributed by atoms with Crippen molar-refractivity contribution < 1.29 is 5.11 Å². The molecule has 3 heteroatoms. The molecule has 1 unspecified atom stereocenters. The lowest BCUT2D eigenvalue weighted by Gasteiger charge is -2.06. The Bertz CT molecular complexity index is 447. The number of aliphatic hydroxyl groups is 1. The molecule has 0 saturated carbocycles. The maximum absolute atomic E-state index is 8.99. The van der Waals surface area contributed by atoms with Gasteiger partial charge in [0.05, 0.1) is 12.6 Å². The molecule has 0 bridgehead atoms. The van der Waals surface area contributed by atoms with Gasteiger partial charge in [0.2, 0.25) is 0 Å². The second kappa shape index (κ2) is 3.44. The first-order valence-electron chi connectivity index (χ1n) is 4.67. The van der Waals surface area contributed by atoms with Gasteiger partial charge in [-0.2, -0.15) is 0 Å². The third kappa shape index (κ3) is 1.31. The van der Waals surface area contributed by atoms with Crippen LogP contribution >= 0.6 is 0 Å². The Hall–Kier alpha value is -1.32. The largest absolute Gasteiger partial charge is 0.394 e. The number of nitrogens with two attached hydrogens (primary N) is 1. The van der Waals surface area contributed by atoms with E-state index in [4.69, 9.17) is 10.8 Å². The highest BCUT2D eigenvalue weighted by atomic mass is 16.3. The second-order valence-corrected chi connectivity index (χ2v) is 3.50. The maximum Gasteiger partial charge on any atom is 0.0685 e. The predicted molar refractivity (Wildman–Crippen MR) is 57.0 cm³/mol. The van der Waals surface area contributed by atoms with Crippen molar-refractivity contribution in [2.75, 3.05) is 6.61 Å². The lowest BCUT2D eigenvalue weighted by atomic mass is 10.1. The summed E-state index contributed by atoms with van der Waals surface area (Å²) in [6, 6.07) is 7.72. The van der Waals surface area contributed by atoms with Crippen molar-refractivity contribution in [2.24, 2.45) is 5.73 Å². The van der Waals surface area contributed by atoms with Crippen LogP contribution in [-0.2, 0) is 0 Å². The first-order chi connectivity index (χ1) is 6.74. The molecule has 1 aromatic carbocycles. The van der Waals surface area contributed by atoms with Gasteiger partial charge in [-0.25, -0.2) is 0 Å². The van der Waals surface area contributed by atoms with Crippen LogP contribution in [0, 0.1) is 6.92 Å². The van der Waals surface area contributed by atoms with E-state index in [2.05, 4.69) is 11.1 Å². The van der Waals surface area contributed by atoms with Crippen LogP contribution in [-0.4, -0.2) is 16.7 Å². The number of fused-ring (bicyclic) bond motifs is 1. The fraction of sp³-hybridized carbons (Fsp3) is 0.273. The number of benzene rings is 1. The zero-order chi connectivity index (χ0) is 10.1. The minimum Gasteiger partial charge on any atom is -0.394 e. The molecule has 0 amide bonds. The third-order valence-corrected chi connectivity index (χ3v) is 2.57. The summed E-state index contributed by atoms with van der Waals surface area (Å²) in [5.41, 5.74) is 8.90. The molecule has 0 fully saturated rings. The fourth-order valence-electron chi connectivity index (χ4n) is 1.77. The van der Waals surface area contributed by atoms with E-state index in [9.17, 15) is 0 Å². The monoisotopic (exact) mass is 190 g/mol. The van der Waals surface area contributed by atoms with Crippen LogP contribution < -0.4 is 5.73 Å². The molecule has 1 aromatic heterocycles. The molecule has 1 heterocycles. The molecule has 0 aliphatic heterocycles. The van der Waals surface area contributed by atoms with Gasteiger partial charge >= 0.3 is 0 Å². The number of aryl methyl sites for hydroxylation is 1. The van der Waals surface area contributed by atoms with E-state index >= 15 is 0 Å². The standard InChI is InChI=1S/C11H14N2O/c1-7-8-4-2-3-5-10(8)13-11(7)9(12)6-14/h2-5,9,13-14H,6,12H2,1H3. The smallest absolute Gasteiger partial charge is 0.0685 e. The van der Waals surface area contributed by atoms with Crippen molar-refractivity contribution >= 4 is 10.9 Å². The second-order valence-electron chi connectivity index (χ2n) is 3.50. The number of hydrogen-bond donors (Lipinski definition) is 3. The Kier molecular flexibility index (Phi) is 2.27. The SMILES string of the molecule is Cc1c(C(N)CO)[nH]c2ccccc12.